The first kappa shape index (κ1) is 26.5. The number of hydrogen-bond donors (Lipinski definition) is 0. The van der Waals surface area contributed by atoms with E-state index in [-0.39, 0.29) is 11.4 Å². The summed E-state index contributed by atoms with van der Waals surface area (Å²) in [7, 11) is 0. The molecule has 1 saturated carbocycles. The van der Waals surface area contributed by atoms with Crippen LogP contribution in [-0.4, -0.2) is 0 Å². The fourth-order valence-corrected chi connectivity index (χ4v) is 6.49. The monoisotopic (exact) mass is 514 g/mol. The molecule has 0 spiro atoms. The van der Waals surface area contributed by atoms with Gasteiger partial charge in [0.2, 0.25) is 0 Å². The van der Waals surface area contributed by atoms with E-state index in [9.17, 15) is 8.78 Å². The van der Waals surface area contributed by atoms with Crippen molar-refractivity contribution in [3.05, 3.63) is 101 Å². The topological polar surface area (TPSA) is 0 Å². The zero-order valence-electron chi connectivity index (χ0n) is 22.5. The van der Waals surface area contributed by atoms with Gasteiger partial charge in [0, 0.05) is 11.1 Å². The van der Waals surface area contributed by atoms with Gasteiger partial charge in [-0.25, -0.2) is 13.2 Å². The van der Waals surface area contributed by atoms with E-state index in [0.717, 1.165) is 41.7 Å². The third-order valence-electron chi connectivity index (χ3n) is 8.79. The predicted octanol–water partition coefficient (Wildman–Crippen LogP) is 10.6. The molecule has 3 aromatic carbocycles. The zero-order valence-corrected chi connectivity index (χ0v) is 22.5. The van der Waals surface area contributed by atoms with Crippen LogP contribution in [0.2, 0.25) is 0 Å². The molecule has 0 aliphatic heterocycles. The molecule has 0 bridgehead atoms. The second-order valence-electron chi connectivity index (χ2n) is 11.0. The van der Waals surface area contributed by atoms with E-state index in [2.05, 4.69) is 25.2 Å². The first-order valence-electron chi connectivity index (χ1n) is 14.2. The number of aryl methyl sites for hydroxylation is 1. The van der Waals surface area contributed by atoms with Gasteiger partial charge in [0.05, 0.1) is 0 Å². The maximum Gasteiger partial charge on any atom is 0.166 e. The minimum atomic E-state index is -0.836. The zero-order chi connectivity index (χ0) is 26.6. The van der Waals surface area contributed by atoms with Crippen molar-refractivity contribution in [1.82, 2.24) is 0 Å². The number of benzene rings is 3. The molecule has 0 amide bonds. The van der Waals surface area contributed by atoms with Crippen LogP contribution < -0.4 is 0 Å². The Morgan fingerprint density at radius 3 is 2.00 bits per heavy atom. The van der Waals surface area contributed by atoms with Gasteiger partial charge in [-0.1, -0.05) is 73.7 Å². The van der Waals surface area contributed by atoms with Gasteiger partial charge >= 0.3 is 0 Å². The van der Waals surface area contributed by atoms with Crippen LogP contribution >= 0.6 is 0 Å². The van der Waals surface area contributed by atoms with Crippen molar-refractivity contribution in [2.75, 3.05) is 0 Å². The second-order valence-corrected chi connectivity index (χ2v) is 11.0. The van der Waals surface area contributed by atoms with Crippen LogP contribution in [0, 0.1) is 35.2 Å². The second kappa shape index (κ2) is 11.8. The van der Waals surface area contributed by atoms with E-state index in [1.165, 1.54) is 37.7 Å². The van der Waals surface area contributed by atoms with Crippen LogP contribution in [0.15, 0.2) is 72.8 Å². The van der Waals surface area contributed by atoms with Gasteiger partial charge in [-0.3, -0.25) is 0 Å². The molecule has 198 valence electrons. The average molecular weight is 515 g/mol. The quantitative estimate of drug-likeness (QED) is 0.287. The molecule has 0 nitrogen and oxygen atoms in total. The number of allylic oxidation sites excluding steroid dienone is 4. The van der Waals surface area contributed by atoms with Gasteiger partial charge in [-0.05, 0) is 110 Å². The van der Waals surface area contributed by atoms with E-state index in [1.54, 1.807) is 49.4 Å². The largest absolute Gasteiger partial charge is 0.206 e. The van der Waals surface area contributed by atoms with Gasteiger partial charge in [0.25, 0.3) is 0 Å². The third kappa shape index (κ3) is 5.53. The lowest BCUT2D eigenvalue weighted by atomic mass is 9.71. The fraction of sp³-hybridized carbons (Fsp3) is 0.371. The Bertz CT molecular complexity index is 1320. The first-order valence-corrected chi connectivity index (χ1v) is 14.2. The van der Waals surface area contributed by atoms with Crippen molar-refractivity contribution in [3.63, 3.8) is 0 Å². The normalized spacial score (nSPS) is 22.0. The van der Waals surface area contributed by atoms with Crippen molar-refractivity contribution in [2.45, 2.75) is 65.2 Å². The fourth-order valence-electron chi connectivity index (χ4n) is 6.49. The molecule has 0 N–H and O–H groups in total. The van der Waals surface area contributed by atoms with Crippen molar-refractivity contribution < 1.29 is 13.2 Å². The van der Waals surface area contributed by atoms with Crippen molar-refractivity contribution in [1.29, 1.82) is 0 Å². The molecule has 5 rings (SSSR count). The van der Waals surface area contributed by atoms with Crippen molar-refractivity contribution in [2.24, 2.45) is 17.8 Å². The predicted molar refractivity (Wildman–Crippen MR) is 152 cm³/mol. The molecule has 2 aliphatic carbocycles. The van der Waals surface area contributed by atoms with Crippen LogP contribution in [0.25, 0.3) is 27.8 Å². The number of rotatable bonds is 6. The van der Waals surface area contributed by atoms with Gasteiger partial charge in [0.1, 0.15) is 5.82 Å². The summed E-state index contributed by atoms with van der Waals surface area (Å²) in [6, 6.07) is 15.7. The Morgan fingerprint density at radius 2 is 1.39 bits per heavy atom. The van der Waals surface area contributed by atoms with E-state index >= 15 is 4.39 Å². The summed E-state index contributed by atoms with van der Waals surface area (Å²) in [6.07, 6.45) is 15.9. The Balaban J connectivity index is 1.26. The highest BCUT2D eigenvalue weighted by molar-refractivity contribution is 5.74. The summed E-state index contributed by atoms with van der Waals surface area (Å²) in [5.41, 5.74) is 4.60. The molecule has 3 aromatic rings. The Morgan fingerprint density at radius 1 is 0.737 bits per heavy atom. The molecule has 0 heterocycles. The van der Waals surface area contributed by atoms with Crippen LogP contribution in [0.1, 0.15) is 69.9 Å². The molecule has 3 heteroatoms. The maximum atomic E-state index is 15.2. The molecule has 38 heavy (non-hydrogen) atoms. The lowest BCUT2D eigenvalue weighted by Crippen LogP contribution is -2.22. The number of halogens is 3. The van der Waals surface area contributed by atoms with Gasteiger partial charge in [-0.15, -0.1) is 0 Å². The number of hydrogen-bond acceptors (Lipinski definition) is 0. The minimum Gasteiger partial charge on any atom is -0.206 e. The Hall–Kier alpha value is -3.07. The molecule has 1 fully saturated rings. The third-order valence-corrected chi connectivity index (χ3v) is 8.79. The van der Waals surface area contributed by atoms with E-state index < -0.39 is 11.6 Å². The smallest absolute Gasteiger partial charge is 0.166 e. The first-order chi connectivity index (χ1) is 18.5. The molecular weight excluding hydrogens is 477 g/mol. The molecular formula is C35H37F3. The molecule has 0 radical (unpaired) electrons. The highest BCUT2D eigenvalue weighted by atomic mass is 19.2. The summed E-state index contributed by atoms with van der Waals surface area (Å²) in [5, 5.41) is 0. The lowest BCUT2D eigenvalue weighted by Gasteiger charge is -2.34. The minimum absolute atomic E-state index is 0.218. The summed E-state index contributed by atoms with van der Waals surface area (Å²) < 4.78 is 44.1. The van der Waals surface area contributed by atoms with Crippen molar-refractivity contribution >= 4 is 5.57 Å². The lowest BCUT2D eigenvalue weighted by molar-refractivity contribution is 0.212. The summed E-state index contributed by atoms with van der Waals surface area (Å²) in [5.74, 6) is 0.452. The Kier molecular flexibility index (Phi) is 8.21. The van der Waals surface area contributed by atoms with Crippen LogP contribution in [0.4, 0.5) is 13.2 Å². The summed E-state index contributed by atoms with van der Waals surface area (Å²) in [4.78, 5) is 0. The average Bonchev–Trinajstić information content (AvgIpc) is 2.95. The van der Waals surface area contributed by atoms with Crippen LogP contribution in [0.5, 0.6) is 0 Å². The van der Waals surface area contributed by atoms with Gasteiger partial charge in [0.15, 0.2) is 11.6 Å². The molecule has 2 aliphatic rings. The molecule has 0 aromatic heterocycles. The van der Waals surface area contributed by atoms with Crippen LogP contribution in [-0.2, 0) is 6.42 Å². The van der Waals surface area contributed by atoms with E-state index in [4.69, 9.17) is 0 Å². The Labute approximate surface area is 225 Å². The van der Waals surface area contributed by atoms with Gasteiger partial charge in [-0.2, -0.15) is 0 Å². The van der Waals surface area contributed by atoms with E-state index in [0.29, 0.717) is 23.1 Å². The SMILES string of the molecule is CC=CC1CCC(C2CC=C(c3ccc(-c4ccc(-c5ccc(CC)c(F)c5F)cc4)c(F)c3)CC2)CC1. The molecule has 1 unspecified atom stereocenters. The highest BCUT2D eigenvalue weighted by Gasteiger charge is 2.28. The summed E-state index contributed by atoms with van der Waals surface area (Å²) >= 11 is 0. The standard InChI is InChI=1S/C35H37F3/c1-3-5-23-6-8-25(9-7-23)26-10-12-27(13-11-26)30-19-20-31(33(36)22-30)28-14-16-29(17-15-28)32-21-18-24(4-2)34(37)35(32)38/h3,5,12,14-23,25-26H,4,6-11,13H2,1-2H3. The van der Waals surface area contributed by atoms with Gasteiger partial charge < -0.3 is 0 Å². The highest BCUT2D eigenvalue weighted by Crippen LogP contribution is 2.42. The van der Waals surface area contributed by atoms with E-state index in [1.807, 2.05) is 12.1 Å². The summed E-state index contributed by atoms with van der Waals surface area (Å²) in [6.45, 7) is 3.91. The molecule has 1 atom stereocenters. The van der Waals surface area contributed by atoms with Crippen LogP contribution in [0.3, 0.4) is 0 Å². The maximum absolute atomic E-state index is 15.2. The molecule has 0 saturated heterocycles. The van der Waals surface area contributed by atoms with Crippen molar-refractivity contribution in [3.8, 4) is 22.3 Å².